The Kier molecular flexibility index (Phi) is 6.58. The Balaban J connectivity index is 2.00. The molecule has 1 fully saturated rings. The van der Waals surface area contributed by atoms with E-state index in [2.05, 4.69) is 4.98 Å². The average Bonchev–Trinajstić information content (AvgIpc) is 2.84. The summed E-state index contributed by atoms with van der Waals surface area (Å²) in [6, 6.07) is 15.1. The van der Waals surface area contributed by atoms with Gasteiger partial charge in [0.25, 0.3) is 5.56 Å². The normalized spacial score (nSPS) is 24.9. The Morgan fingerprint density at radius 1 is 1.09 bits per heavy atom. The highest BCUT2D eigenvalue weighted by atomic mass is 35.5. The minimum absolute atomic E-state index is 0.203. The fourth-order valence-corrected chi connectivity index (χ4v) is 3.97. The molecule has 0 radical (unpaired) electrons. The minimum Gasteiger partial charge on any atom is -0.394 e. The van der Waals surface area contributed by atoms with Crippen molar-refractivity contribution < 1.29 is 25.2 Å². The smallest absolute Gasteiger partial charge is 0.271 e. The summed E-state index contributed by atoms with van der Waals surface area (Å²) in [5.41, 5.74) is 0.399. The van der Waals surface area contributed by atoms with Crippen LogP contribution in [0.15, 0.2) is 59.5 Å². The van der Waals surface area contributed by atoms with E-state index in [0.717, 1.165) is 4.57 Å². The van der Waals surface area contributed by atoms with E-state index < -0.39 is 42.8 Å². The van der Waals surface area contributed by atoms with Crippen LogP contribution < -0.4 is 5.56 Å². The summed E-state index contributed by atoms with van der Waals surface area (Å²) in [5.74, 6) is 0. The first-order chi connectivity index (χ1) is 15.9. The number of rotatable bonds is 4. The summed E-state index contributed by atoms with van der Waals surface area (Å²) in [5, 5.41) is 50.9. The molecule has 9 nitrogen and oxygen atoms in total. The van der Waals surface area contributed by atoms with Crippen LogP contribution in [0.25, 0.3) is 22.5 Å². The Morgan fingerprint density at radius 3 is 2.42 bits per heavy atom. The molecule has 0 saturated carbocycles. The molecule has 0 aliphatic carbocycles. The molecule has 10 heteroatoms. The van der Waals surface area contributed by atoms with Crippen LogP contribution in [-0.2, 0) is 4.74 Å². The van der Waals surface area contributed by atoms with Crippen molar-refractivity contribution in [3.05, 3.63) is 75.7 Å². The maximum Gasteiger partial charge on any atom is 0.271 e. The van der Waals surface area contributed by atoms with Crippen LogP contribution in [0.5, 0.6) is 0 Å². The minimum atomic E-state index is -1.73. The number of halogens is 1. The molecule has 1 aromatic carbocycles. The van der Waals surface area contributed by atoms with Crippen molar-refractivity contribution in [2.75, 3.05) is 6.61 Å². The van der Waals surface area contributed by atoms with Crippen molar-refractivity contribution in [1.82, 2.24) is 9.55 Å². The van der Waals surface area contributed by atoms with Gasteiger partial charge in [0.15, 0.2) is 6.23 Å². The number of hydrogen-bond donors (Lipinski definition) is 4. The maximum absolute atomic E-state index is 13.6. The van der Waals surface area contributed by atoms with E-state index in [1.165, 1.54) is 6.20 Å². The zero-order valence-electron chi connectivity index (χ0n) is 17.1. The van der Waals surface area contributed by atoms with Gasteiger partial charge in [0.1, 0.15) is 36.0 Å². The molecule has 0 bridgehead atoms. The molecule has 1 saturated heterocycles. The van der Waals surface area contributed by atoms with Crippen LogP contribution >= 0.6 is 11.6 Å². The highest BCUT2D eigenvalue weighted by molar-refractivity contribution is 6.30. The number of pyridine rings is 2. The maximum atomic E-state index is 13.6. The molecule has 3 aromatic rings. The van der Waals surface area contributed by atoms with E-state index in [-0.39, 0.29) is 11.3 Å². The predicted octanol–water partition coefficient (Wildman–Crippen LogP) is 1.07. The predicted molar refractivity (Wildman–Crippen MR) is 118 cm³/mol. The molecule has 33 heavy (non-hydrogen) atoms. The molecule has 1 aliphatic heterocycles. The number of hydrogen-bond acceptors (Lipinski definition) is 8. The molecular weight excluding hydrogens is 450 g/mol. The molecule has 5 atom stereocenters. The average molecular weight is 470 g/mol. The van der Waals surface area contributed by atoms with Crippen LogP contribution in [-0.4, -0.2) is 61.0 Å². The molecular formula is C23H20ClN3O6. The zero-order chi connectivity index (χ0) is 23.7. The second-order valence-electron chi connectivity index (χ2n) is 7.55. The van der Waals surface area contributed by atoms with E-state index in [4.69, 9.17) is 16.3 Å². The molecule has 4 rings (SSSR count). The summed E-state index contributed by atoms with van der Waals surface area (Å²) < 4.78 is 6.64. The van der Waals surface area contributed by atoms with Crippen molar-refractivity contribution in [3.8, 4) is 28.6 Å². The second kappa shape index (κ2) is 9.41. The number of aliphatic hydroxyl groups excluding tert-OH is 4. The molecule has 0 spiro atoms. The van der Waals surface area contributed by atoms with Crippen molar-refractivity contribution in [2.45, 2.75) is 30.6 Å². The fourth-order valence-electron chi connectivity index (χ4n) is 3.85. The third-order valence-corrected chi connectivity index (χ3v) is 5.81. The van der Waals surface area contributed by atoms with E-state index >= 15 is 0 Å². The molecule has 0 unspecified atom stereocenters. The van der Waals surface area contributed by atoms with Gasteiger partial charge in [-0.3, -0.25) is 14.3 Å². The van der Waals surface area contributed by atoms with Gasteiger partial charge in [-0.2, -0.15) is 5.26 Å². The monoisotopic (exact) mass is 469 g/mol. The second-order valence-corrected chi connectivity index (χ2v) is 7.98. The first-order valence-electron chi connectivity index (χ1n) is 10.0. The number of nitriles is 1. The van der Waals surface area contributed by atoms with Gasteiger partial charge < -0.3 is 25.2 Å². The summed E-state index contributed by atoms with van der Waals surface area (Å²) >= 11 is 5.98. The highest BCUT2D eigenvalue weighted by Crippen LogP contribution is 2.34. The number of aliphatic hydroxyl groups is 4. The Labute approximate surface area is 193 Å². The molecule has 3 heterocycles. The number of aromatic nitrogens is 2. The molecule has 0 amide bonds. The molecule has 170 valence electrons. The molecule has 4 N–H and O–H groups in total. The van der Waals surface area contributed by atoms with Crippen LogP contribution in [0.2, 0.25) is 5.02 Å². The van der Waals surface area contributed by atoms with Crippen LogP contribution in [0.3, 0.4) is 0 Å². The molecule has 1 aliphatic rings. The van der Waals surface area contributed by atoms with Crippen LogP contribution in [0.4, 0.5) is 0 Å². The van der Waals surface area contributed by atoms with Gasteiger partial charge in [-0.1, -0.05) is 29.8 Å². The number of ether oxygens (including phenoxy) is 1. The van der Waals surface area contributed by atoms with Gasteiger partial charge in [-0.05, 0) is 35.9 Å². The lowest BCUT2D eigenvalue weighted by Gasteiger charge is -2.41. The van der Waals surface area contributed by atoms with E-state index in [9.17, 15) is 30.5 Å². The third kappa shape index (κ3) is 4.16. The first kappa shape index (κ1) is 23.1. The van der Waals surface area contributed by atoms with Crippen molar-refractivity contribution in [1.29, 1.82) is 5.26 Å². The van der Waals surface area contributed by atoms with Crippen molar-refractivity contribution in [3.63, 3.8) is 0 Å². The van der Waals surface area contributed by atoms with E-state index in [1.807, 2.05) is 6.07 Å². The van der Waals surface area contributed by atoms with E-state index in [0.29, 0.717) is 21.8 Å². The van der Waals surface area contributed by atoms with Crippen molar-refractivity contribution in [2.24, 2.45) is 0 Å². The Hall–Kier alpha value is -3.10. The third-order valence-electron chi connectivity index (χ3n) is 5.56. The molecule has 2 aromatic heterocycles. The summed E-state index contributed by atoms with van der Waals surface area (Å²) in [4.78, 5) is 17.9. The Morgan fingerprint density at radius 2 is 1.82 bits per heavy atom. The van der Waals surface area contributed by atoms with Crippen LogP contribution in [0, 0.1) is 11.3 Å². The number of nitrogens with zero attached hydrogens (tertiary/aromatic N) is 3. The largest absolute Gasteiger partial charge is 0.394 e. The number of benzene rings is 1. The first-order valence-corrected chi connectivity index (χ1v) is 10.4. The summed E-state index contributed by atoms with van der Waals surface area (Å²) in [6.45, 7) is -0.664. The topological polar surface area (TPSA) is 149 Å². The van der Waals surface area contributed by atoms with Crippen LogP contribution in [0.1, 0.15) is 11.8 Å². The van der Waals surface area contributed by atoms with Gasteiger partial charge in [0.05, 0.1) is 18.0 Å². The van der Waals surface area contributed by atoms with Crippen molar-refractivity contribution >= 4 is 11.6 Å². The van der Waals surface area contributed by atoms with Gasteiger partial charge in [-0.25, -0.2) is 0 Å². The van der Waals surface area contributed by atoms with Gasteiger partial charge in [-0.15, -0.1) is 0 Å². The van der Waals surface area contributed by atoms with Gasteiger partial charge in [0.2, 0.25) is 0 Å². The SMILES string of the molecule is N#Cc1c(-c2ccc(Cl)cc2)cc(-c2ccccn2)n([C@@H]2O[C@H](CO)[C@H](O)[C@H](O)[C@H]2O)c1=O. The lowest BCUT2D eigenvalue weighted by molar-refractivity contribution is -0.251. The summed E-state index contributed by atoms with van der Waals surface area (Å²) in [7, 11) is 0. The Bertz CT molecular complexity index is 1240. The fraction of sp³-hybridized carbons (Fsp3) is 0.261. The lowest BCUT2D eigenvalue weighted by atomic mass is 9.96. The van der Waals surface area contributed by atoms with Gasteiger partial charge >= 0.3 is 0 Å². The summed E-state index contributed by atoms with van der Waals surface area (Å²) in [6.07, 6.45) is -6.26. The van der Waals surface area contributed by atoms with E-state index in [1.54, 1.807) is 48.5 Å². The zero-order valence-corrected chi connectivity index (χ0v) is 17.9. The lowest BCUT2D eigenvalue weighted by Crippen LogP contribution is -2.57. The van der Waals surface area contributed by atoms with Gasteiger partial charge in [0, 0.05) is 16.8 Å². The highest BCUT2D eigenvalue weighted by Gasteiger charge is 2.45. The standard InChI is InChI=1S/C23H20ClN3O6/c24-13-6-4-12(5-7-13)14-9-17(16-3-1-2-8-26-16)27(22(32)15(14)10-25)23-21(31)20(30)19(29)18(11-28)33-23/h1-9,18-21,23,28-31H,11H2/t18-,19+,20+,21-,23-/m1/s1. The quantitative estimate of drug-likeness (QED) is 0.443.